The van der Waals surface area contributed by atoms with Crippen molar-refractivity contribution >= 4 is 5.91 Å². The van der Waals surface area contributed by atoms with Gasteiger partial charge in [0.15, 0.2) is 0 Å². The number of carbonyl (C=O) groups excluding carboxylic acids is 1. The molecule has 29 heavy (non-hydrogen) atoms. The number of benzene rings is 2. The van der Waals surface area contributed by atoms with Crippen LogP contribution in [0.4, 0.5) is 8.78 Å². The standard InChI is InChI=1S/C23H21F2N3O/c24-18-7-3-16(4-8-18)12-26-14-21-22(15-26)28(13-17-5-9-19(25)10-6-17)23(29)20-2-1-11-27(20)21/h1-11,21-22H,12-15H2/t21-,22+/m1/s1. The summed E-state index contributed by atoms with van der Waals surface area (Å²) < 4.78 is 28.6. The van der Waals surface area contributed by atoms with Crippen LogP contribution in [0.3, 0.4) is 0 Å². The molecule has 2 aromatic carbocycles. The summed E-state index contributed by atoms with van der Waals surface area (Å²) in [5.41, 5.74) is 2.65. The number of halogens is 2. The molecule has 5 rings (SSSR count). The number of hydrogen-bond donors (Lipinski definition) is 0. The van der Waals surface area contributed by atoms with Gasteiger partial charge in [-0.05, 0) is 47.5 Å². The van der Waals surface area contributed by atoms with E-state index in [-0.39, 0.29) is 29.6 Å². The Kier molecular flexibility index (Phi) is 4.43. The van der Waals surface area contributed by atoms with Crippen molar-refractivity contribution in [2.75, 3.05) is 13.1 Å². The van der Waals surface area contributed by atoms with Crippen molar-refractivity contribution in [1.29, 1.82) is 0 Å². The molecule has 2 atom stereocenters. The van der Waals surface area contributed by atoms with Gasteiger partial charge in [0.1, 0.15) is 17.3 Å². The summed E-state index contributed by atoms with van der Waals surface area (Å²) in [5, 5.41) is 0. The predicted molar refractivity (Wildman–Crippen MR) is 105 cm³/mol. The van der Waals surface area contributed by atoms with E-state index in [0.29, 0.717) is 18.8 Å². The number of carbonyl (C=O) groups is 1. The van der Waals surface area contributed by atoms with Crippen LogP contribution in [0.1, 0.15) is 27.7 Å². The Hall–Kier alpha value is -2.99. The lowest BCUT2D eigenvalue weighted by Crippen LogP contribution is -2.49. The minimum Gasteiger partial charge on any atom is -0.337 e. The molecule has 0 saturated carbocycles. The smallest absolute Gasteiger partial charge is 0.271 e. The van der Waals surface area contributed by atoms with Gasteiger partial charge in [0.2, 0.25) is 0 Å². The number of rotatable bonds is 4. The molecule has 4 nitrogen and oxygen atoms in total. The topological polar surface area (TPSA) is 28.5 Å². The summed E-state index contributed by atoms with van der Waals surface area (Å²) in [6.45, 7) is 2.72. The molecule has 0 bridgehead atoms. The molecule has 1 saturated heterocycles. The number of likely N-dealkylation sites (tertiary alicyclic amines) is 1. The van der Waals surface area contributed by atoms with Crippen LogP contribution in [-0.4, -0.2) is 39.4 Å². The first-order valence-electron chi connectivity index (χ1n) is 9.77. The van der Waals surface area contributed by atoms with Crippen molar-refractivity contribution in [2.24, 2.45) is 0 Å². The van der Waals surface area contributed by atoms with Crippen LogP contribution in [0.2, 0.25) is 0 Å². The van der Waals surface area contributed by atoms with Crippen LogP contribution >= 0.6 is 0 Å². The fraction of sp³-hybridized carbons (Fsp3) is 0.261. The maximum absolute atomic E-state index is 13.3. The number of amides is 1. The van der Waals surface area contributed by atoms with Crippen LogP contribution in [0.15, 0.2) is 66.9 Å². The van der Waals surface area contributed by atoms with Gasteiger partial charge in [-0.15, -0.1) is 0 Å². The third kappa shape index (κ3) is 3.34. The Balaban J connectivity index is 1.41. The van der Waals surface area contributed by atoms with Crippen LogP contribution in [0.25, 0.3) is 0 Å². The molecule has 3 aromatic rings. The van der Waals surface area contributed by atoms with E-state index in [2.05, 4.69) is 9.47 Å². The predicted octanol–water partition coefficient (Wildman–Crippen LogP) is 3.85. The molecule has 2 aliphatic rings. The summed E-state index contributed by atoms with van der Waals surface area (Å²) in [7, 11) is 0. The largest absolute Gasteiger partial charge is 0.337 e. The summed E-state index contributed by atoms with van der Waals surface area (Å²) in [6, 6.07) is 16.9. The Morgan fingerprint density at radius 3 is 2.03 bits per heavy atom. The molecule has 0 aliphatic carbocycles. The second-order valence-corrected chi connectivity index (χ2v) is 7.82. The van der Waals surface area contributed by atoms with Crippen LogP contribution in [-0.2, 0) is 13.1 Å². The summed E-state index contributed by atoms with van der Waals surface area (Å²) in [4.78, 5) is 17.4. The van der Waals surface area contributed by atoms with E-state index in [1.54, 1.807) is 24.3 Å². The van der Waals surface area contributed by atoms with E-state index >= 15 is 0 Å². The molecule has 1 aromatic heterocycles. The van der Waals surface area contributed by atoms with E-state index in [4.69, 9.17) is 0 Å². The molecule has 3 heterocycles. The summed E-state index contributed by atoms with van der Waals surface area (Å²) in [5.74, 6) is -0.516. The first-order valence-corrected chi connectivity index (χ1v) is 9.77. The highest BCUT2D eigenvalue weighted by Gasteiger charge is 2.44. The second kappa shape index (κ2) is 7.12. The normalized spacial score (nSPS) is 21.3. The fourth-order valence-corrected chi connectivity index (χ4v) is 4.54. The third-order valence-electron chi connectivity index (χ3n) is 5.94. The highest BCUT2D eigenvalue weighted by molar-refractivity contribution is 5.94. The minimum atomic E-state index is -0.281. The molecule has 148 valence electrons. The maximum Gasteiger partial charge on any atom is 0.271 e. The van der Waals surface area contributed by atoms with Gasteiger partial charge in [0.25, 0.3) is 5.91 Å². The van der Waals surface area contributed by atoms with E-state index in [9.17, 15) is 13.6 Å². The molecule has 1 fully saturated rings. The van der Waals surface area contributed by atoms with Gasteiger partial charge in [-0.1, -0.05) is 24.3 Å². The lowest BCUT2D eigenvalue weighted by atomic mass is 10.0. The Morgan fingerprint density at radius 1 is 0.793 bits per heavy atom. The lowest BCUT2D eigenvalue weighted by molar-refractivity contribution is 0.0556. The van der Waals surface area contributed by atoms with Crippen molar-refractivity contribution in [3.8, 4) is 0 Å². The second-order valence-electron chi connectivity index (χ2n) is 7.82. The number of fused-ring (bicyclic) bond motifs is 3. The SMILES string of the molecule is O=C1c2cccn2[C@@H]2CN(Cc3ccc(F)cc3)C[C@@H]2N1Cc1ccc(F)cc1. The Bertz CT molecular complexity index is 1030. The molecular formula is C23H21F2N3O. The van der Waals surface area contributed by atoms with Gasteiger partial charge in [-0.2, -0.15) is 0 Å². The van der Waals surface area contributed by atoms with Gasteiger partial charge in [-0.25, -0.2) is 8.78 Å². The molecule has 0 spiro atoms. The van der Waals surface area contributed by atoms with Gasteiger partial charge < -0.3 is 9.47 Å². The van der Waals surface area contributed by atoms with Gasteiger partial charge in [0.05, 0.1) is 12.1 Å². The fourth-order valence-electron chi connectivity index (χ4n) is 4.54. The van der Waals surface area contributed by atoms with Crippen molar-refractivity contribution < 1.29 is 13.6 Å². The van der Waals surface area contributed by atoms with Crippen LogP contribution < -0.4 is 0 Å². The average molecular weight is 393 g/mol. The zero-order valence-corrected chi connectivity index (χ0v) is 15.8. The van der Waals surface area contributed by atoms with Gasteiger partial charge in [0, 0.05) is 32.4 Å². The van der Waals surface area contributed by atoms with Crippen molar-refractivity contribution in [2.45, 2.75) is 25.2 Å². The average Bonchev–Trinajstić information content (AvgIpc) is 3.35. The molecule has 0 N–H and O–H groups in total. The summed E-state index contributed by atoms with van der Waals surface area (Å²) in [6.07, 6.45) is 1.97. The molecular weight excluding hydrogens is 372 g/mol. The first kappa shape index (κ1) is 18.1. The minimum absolute atomic E-state index is 0.00390. The van der Waals surface area contributed by atoms with Gasteiger partial charge in [-0.3, -0.25) is 9.69 Å². The van der Waals surface area contributed by atoms with E-state index < -0.39 is 0 Å². The highest BCUT2D eigenvalue weighted by Crippen LogP contribution is 2.35. The molecule has 2 aliphatic heterocycles. The lowest BCUT2D eigenvalue weighted by Gasteiger charge is -2.38. The number of nitrogens with zero attached hydrogens (tertiary/aromatic N) is 3. The zero-order valence-electron chi connectivity index (χ0n) is 15.8. The quantitative estimate of drug-likeness (QED) is 0.674. The van der Waals surface area contributed by atoms with Gasteiger partial charge >= 0.3 is 0 Å². The van der Waals surface area contributed by atoms with Crippen molar-refractivity contribution in [1.82, 2.24) is 14.4 Å². The van der Waals surface area contributed by atoms with E-state index in [1.165, 1.54) is 24.3 Å². The van der Waals surface area contributed by atoms with Crippen molar-refractivity contribution in [3.63, 3.8) is 0 Å². The van der Waals surface area contributed by atoms with E-state index in [0.717, 1.165) is 24.2 Å². The van der Waals surface area contributed by atoms with Crippen molar-refractivity contribution in [3.05, 3.63) is 95.3 Å². The Labute approximate surface area is 168 Å². The maximum atomic E-state index is 13.3. The molecule has 0 radical (unpaired) electrons. The van der Waals surface area contributed by atoms with E-state index in [1.807, 2.05) is 23.2 Å². The molecule has 0 unspecified atom stereocenters. The molecule has 1 amide bonds. The Morgan fingerprint density at radius 2 is 1.38 bits per heavy atom. The number of hydrogen-bond acceptors (Lipinski definition) is 2. The zero-order chi connectivity index (χ0) is 20.0. The van der Waals surface area contributed by atoms with Crippen LogP contribution in [0.5, 0.6) is 0 Å². The number of aromatic nitrogens is 1. The highest BCUT2D eigenvalue weighted by atomic mass is 19.1. The summed E-state index contributed by atoms with van der Waals surface area (Å²) >= 11 is 0. The third-order valence-corrected chi connectivity index (χ3v) is 5.94. The first-order chi connectivity index (χ1) is 14.1. The van der Waals surface area contributed by atoms with Crippen LogP contribution in [0, 0.1) is 11.6 Å². The molecule has 6 heteroatoms. The monoisotopic (exact) mass is 393 g/mol.